The number of fused-ring (bicyclic) bond motifs is 9. The number of phenolic OH excluding ortho intramolecular Hbond substituents is 1. The minimum atomic E-state index is -2.42. The van der Waals surface area contributed by atoms with Gasteiger partial charge in [0.15, 0.2) is 17.5 Å². The number of aliphatic hydroxyl groups is 4. The summed E-state index contributed by atoms with van der Waals surface area (Å²) in [5, 5.41) is 56.8. The minimum Gasteiger partial charge on any atom is -0.506 e. The number of carbonyl (C=O) groups excluding carboxylic acids is 2. The predicted molar refractivity (Wildman–Crippen MR) is 177 cm³/mol. The Hall–Kier alpha value is -4.38. The average molecular weight is 686 g/mol. The molecule has 1 amide bonds. The number of benzene rings is 3. The maximum absolute atomic E-state index is 14.6. The van der Waals surface area contributed by atoms with Crippen LogP contribution < -0.4 is 9.47 Å². The van der Waals surface area contributed by atoms with Crippen LogP contribution in [0, 0.1) is 17.9 Å². The summed E-state index contributed by atoms with van der Waals surface area (Å²) in [5.41, 5.74) is 1.32. The third-order valence-corrected chi connectivity index (χ3v) is 11.3. The van der Waals surface area contributed by atoms with Crippen molar-refractivity contribution in [3.8, 4) is 29.3 Å². The molecule has 3 aliphatic heterocycles. The number of aromatic hydroxyl groups is 1. The number of nitrogens with zero attached hydrogens (tertiary/aromatic N) is 1. The van der Waals surface area contributed by atoms with Crippen LogP contribution in [0.1, 0.15) is 74.6 Å². The third kappa shape index (κ3) is 4.94. The molecule has 3 heterocycles. The molecule has 2 aliphatic carbocycles. The summed E-state index contributed by atoms with van der Waals surface area (Å²) in [6, 6.07) is 8.53. The molecule has 0 spiro atoms. The lowest BCUT2D eigenvalue weighted by atomic mass is 9.72. The van der Waals surface area contributed by atoms with Gasteiger partial charge in [-0.15, -0.1) is 0 Å². The van der Waals surface area contributed by atoms with Crippen molar-refractivity contribution in [2.45, 2.75) is 81.2 Å². The van der Waals surface area contributed by atoms with Crippen molar-refractivity contribution in [1.82, 2.24) is 4.90 Å². The van der Waals surface area contributed by atoms with E-state index in [9.17, 15) is 35.1 Å². The molecule has 7 atom stereocenters. The number of ketones is 1. The molecule has 12 nitrogen and oxygen atoms in total. The number of carbonyl (C=O) groups is 2. The van der Waals surface area contributed by atoms with Crippen molar-refractivity contribution in [1.29, 1.82) is 0 Å². The molecule has 1 saturated heterocycles. The molecule has 5 N–H and O–H groups in total. The van der Waals surface area contributed by atoms with Crippen LogP contribution in [0.25, 0.3) is 10.8 Å². The van der Waals surface area contributed by atoms with Crippen LogP contribution in [-0.2, 0) is 28.9 Å². The summed E-state index contributed by atoms with van der Waals surface area (Å²) in [5.74, 6) is 2.56. The molecule has 12 heteroatoms. The second-order valence-corrected chi connectivity index (χ2v) is 14.0. The number of amides is 1. The van der Waals surface area contributed by atoms with Crippen molar-refractivity contribution in [3.63, 3.8) is 0 Å². The van der Waals surface area contributed by atoms with E-state index >= 15 is 0 Å². The maximum atomic E-state index is 14.6. The van der Waals surface area contributed by atoms with Gasteiger partial charge in [0, 0.05) is 24.6 Å². The van der Waals surface area contributed by atoms with E-state index in [-0.39, 0.29) is 53.8 Å². The molecule has 5 aliphatic rings. The Bertz CT molecular complexity index is 1970. The fourth-order valence-corrected chi connectivity index (χ4v) is 8.84. The zero-order valence-corrected chi connectivity index (χ0v) is 27.6. The first-order valence-electron chi connectivity index (χ1n) is 17.1. The fourth-order valence-electron chi connectivity index (χ4n) is 8.84. The zero-order chi connectivity index (χ0) is 34.9. The Morgan fingerprint density at radius 2 is 1.94 bits per heavy atom. The van der Waals surface area contributed by atoms with Gasteiger partial charge in [0.1, 0.15) is 35.6 Å². The number of hydrogen-bond acceptors (Lipinski definition) is 11. The summed E-state index contributed by atoms with van der Waals surface area (Å²) in [6.07, 6.45) is 0.769. The fraction of sp³-hybridized carbons (Fsp3) is 0.474. The minimum absolute atomic E-state index is 0.0348. The highest BCUT2D eigenvalue weighted by atomic mass is 16.7. The smallest absolute Gasteiger partial charge is 0.254 e. The van der Waals surface area contributed by atoms with E-state index in [0.717, 1.165) is 47.9 Å². The molecule has 0 aromatic heterocycles. The van der Waals surface area contributed by atoms with Gasteiger partial charge < -0.3 is 49.4 Å². The monoisotopic (exact) mass is 685 g/mol. The highest BCUT2D eigenvalue weighted by Crippen LogP contribution is 2.54. The lowest BCUT2D eigenvalue weighted by Gasteiger charge is -2.47. The molecule has 8 rings (SSSR count). The van der Waals surface area contributed by atoms with Gasteiger partial charge in [-0.2, -0.15) is 0 Å². The first-order valence-corrected chi connectivity index (χ1v) is 17.1. The van der Waals surface area contributed by atoms with Crippen molar-refractivity contribution >= 4 is 22.5 Å². The van der Waals surface area contributed by atoms with Gasteiger partial charge in [0.25, 0.3) is 5.91 Å². The van der Waals surface area contributed by atoms with Gasteiger partial charge in [0.05, 0.1) is 37.8 Å². The Kier molecular flexibility index (Phi) is 8.16. The number of rotatable bonds is 3. The number of methoxy groups -OCH3 is 1. The second-order valence-electron chi connectivity index (χ2n) is 14.0. The van der Waals surface area contributed by atoms with Crippen LogP contribution >= 0.6 is 0 Å². The first kappa shape index (κ1) is 32.8. The second kappa shape index (κ2) is 12.4. The molecule has 3 aromatic carbocycles. The molecule has 2 fully saturated rings. The van der Waals surface area contributed by atoms with Crippen LogP contribution in [0.2, 0.25) is 0 Å². The van der Waals surface area contributed by atoms with Gasteiger partial charge in [-0.05, 0) is 77.3 Å². The van der Waals surface area contributed by atoms with Crippen molar-refractivity contribution in [2.24, 2.45) is 5.92 Å². The quantitative estimate of drug-likeness (QED) is 0.256. The van der Waals surface area contributed by atoms with E-state index in [4.69, 9.17) is 18.9 Å². The summed E-state index contributed by atoms with van der Waals surface area (Å²) >= 11 is 0. The average Bonchev–Trinajstić information content (AvgIpc) is 3.73. The van der Waals surface area contributed by atoms with Crippen LogP contribution in [0.5, 0.6) is 17.2 Å². The highest BCUT2D eigenvalue weighted by Gasteiger charge is 2.58. The summed E-state index contributed by atoms with van der Waals surface area (Å²) < 4.78 is 23.5. The molecule has 1 saturated carbocycles. The van der Waals surface area contributed by atoms with E-state index in [1.807, 2.05) is 6.07 Å². The topological polar surface area (TPSA) is 175 Å². The molecule has 7 unspecified atom stereocenters. The molecule has 0 radical (unpaired) electrons. The highest BCUT2D eigenvalue weighted by molar-refractivity contribution is 6.12. The third-order valence-electron chi connectivity index (χ3n) is 11.3. The van der Waals surface area contributed by atoms with E-state index < -0.39 is 49.2 Å². The SMILES string of the molecule is COc1cc2c3c(O)c(c4c(c3c1)CCC1CCCC41)C(=O)CN1Cc3c(cccc3C1=O)CC#COC1C(O)C(CO)OC(O2)C1(O)CO. The summed E-state index contributed by atoms with van der Waals surface area (Å²) in [6.45, 7) is -1.77. The number of phenols is 1. The van der Waals surface area contributed by atoms with Crippen LogP contribution in [0.4, 0.5) is 0 Å². The van der Waals surface area contributed by atoms with Gasteiger partial charge in [0.2, 0.25) is 6.29 Å². The Labute approximate surface area is 288 Å². The van der Waals surface area contributed by atoms with E-state index in [2.05, 4.69) is 12.0 Å². The molecule has 262 valence electrons. The molecular formula is C38H39NO11. The molecule has 6 bridgehead atoms. The van der Waals surface area contributed by atoms with Crippen molar-refractivity contribution < 1.29 is 54.1 Å². The molecule has 50 heavy (non-hydrogen) atoms. The Balaban J connectivity index is 1.37. The van der Waals surface area contributed by atoms with Crippen molar-refractivity contribution in [3.05, 3.63) is 63.7 Å². The zero-order valence-electron chi connectivity index (χ0n) is 27.6. The largest absolute Gasteiger partial charge is 0.506 e. The number of ether oxygens (including phenoxy) is 4. The van der Waals surface area contributed by atoms with Gasteiger partial charge in [-0.25, -0.2) is 0 Å². The van der Waals surface area contributed by atoms with Crippen LogP contribution in [0.15, 0.2) is 30.3 Å². The standard InChI is InChI=1S/C38H39NO11/c1-47-21-13-25-23-11-10-20-6-2-8-22(20)30(23)32-27(42)16-39-15-26-19(5-3-9-24(26)36(39)45)7-4-12-48-35-33(43)29(17-40)50-37(38(35,46)18-41)49-28(14-21)31(25)34(32)44/h3,5,9,13-14,20,22,29,33,35,37,40-41,43-44,46H,2,6-8,10-11,15-18H2,1H3. The van der Waals surface area contributed by atoms with Gasteiger partial charge in [-0.3, -0.25) is 9.59 Å². The van der Waals surface area contributed by atoms with Crippen LogP contribution in [-0.4, -0.2) is 99.2 Å². The number of aryl methyl sites for hydroxylation is 1. The van der Waals surface area contributed by atoms with E-state index in [1.54, 1.807) is 18.2 Å². The normalized spacial score (nSPS) is 30.1. The lowest BCUT2D eigenvalue weighted by molar-refractivity contribution is -0.326. The lowest BCUT2D eigenvalue weighted by Crippen LogP contribution is -2.70. The van der Waals surface area contributed by atoms with E-state index in [1.165, 1.54) is 18.1 Å². The number of Topliss-reactive ketones (excluding diaryl/α,β-unsaturated/α-hetero) is 1. The van der Waals surface area contributed by atoms with Gasteiger partial charge in [-0.1, -0.05) is 24.5 Å². The Morgan fingerprint density at radius 1 is 1.10 bits per heavy atom. The van der Waals surface area contributed by atoms with Crippen molar-refractivity contribution in [2.75, 3.05) is 26.9 Å². The number of aliphatic hydroxyl groups excluding tert-OH is 3. The predicted octanol–water partition coefficient (Wildman–Crippen LogP) is 2.31. The summed E-state index contributed by atoms with van der Waals surface area (Å²) in [4.78, 5) is 29.7. The maximum Gasteiger partial charge on any atom is 0.254 e. The van der Waals surface area contributed by atoms with Gasteiger partial charge >= 0.3 is 0 Å². The molecule has 3 aromatic rings. The van der Waals surface area contributed by atoms with Crippen LogP contribution in [0.3, 0.4) is 0 Å². The summed E-state index contributed by atoms with van der Waals surface area (Å²) in [7, 11) is 1.48. The van der Waals surface area contributed by atoms with E-state index in [0.29, 0.717) is 29.0 Å². The Morgan fingerprint density at radius 3 is 2.72 bits per heavy atom. The molecular weight excluding hydrogens is 646 g/mol. The number of hydrogen-bond donors (Lipinski definition) is 5. The first-order chi connectivity index (χ1) is 24.2.